The molecule has 0 spiro atoms. The van der Waals surface area contributed by atoms with Crippen LogP contribution in [0.25, 0.3) is 0 Å². The summed E-state index contributed by atoms with van der Waals surface area (Å²) in [6.07, 6.45) is 0. The number of carbonyl (C=O) groups is 4. The van der Waals surface area contributed by atoms with Gasteiger partial charge in [-0.1, -0.05) is 34.7 Å². The molecule has 2 unspecified atom stereocenters. The third kappa shape index (κ3) is 5.24. The number of ether oxygens (including phenoxy) is 2. The zero-order valence-electron chi connectivity index (χ0n) is 20.1. The number of aliphatic carboxylic acids is 1. The summed E-state index contributed by atoms with van der Waals surface area (Å²) in [6.45, 7) is -1.16. The highest BCUT2D eigenvalue weighted by Crippen LogP contribution is 2.54. The fraction of sp³-hybridized carbons (Fsp3) is 0.240. The van der Waals surface area contributed by atoms with Gasteiger partial charge in [-0.05, 0) is 42.5 Å². The summed E-state index contributed by atoms with van der Waals surface area (Å²) in [5.74, 6) is -4.09. The molecule has 2 aliphatic heterocycles. The second-order valence-electron chi connectivity index (χ2n) is 8.65. The van der Waals surface area contributed by atoms with Gasteiger partial charge in [-0.15, -0.1) is 0 Å². The molecule has 0 aliphatic carbocycles. The quantitative estimate of drug-likeness (QED) is 0.336. The van der Waals surface area contributed by atoms with Crippen molar-refractivity contribution in [3.8, 4) is 11.5 Å². The normalized spacial score (nSPS) is 19.8. The smallest absolute Gasteiger partial charge is 0.323 e. The number of nitrogens with one attached hydrogen (secondary N) is 2. The van der Waals surface area contributed by atoms with E-state index in [-0.39, 0.29) is 17.2 Å². The van der Waals surface area contributed by atoms with Crippen LogP contribution in [0.1, 0.15) is 16.4 Å². The van der Waals surface area contributed by atoms with E-state index in [2.05, 4.69) is 10.3 Å². The first-order valence-electron chi connectivity index (χ1n) is 11.5. The van der Waals surface area contributed by atoms with Gasteiger partial charge in [0.1, 0.15) is 23.3 Å². The van der Waals surface area contributed by atoms with Crippen molar-refractivity contribution in [3.05, 3.63) is 67.6 Å². The number of hydrogen-bond acceptors (Lipinski definition) is 9. The number of thiazole rings is 1. The van der Waals surface area contributed by atoms with Gasteiger partial charge in [-0.3, -0.25) is 28.9 Å². The van der Waals surface area contributed by atoms with Crippen LogP contribution in [0.5, 0.6) is 11.5 Å². The van der Waals surface area contributed by atoms with Crippen LogP contribution in [0.2, 0.25) is 5.02 Å². The molecular weight excluding hydrogens is 570 g/mol. The first-order chi connectivity index (χ1) is 18.7. The number of amides is 3. The van der Waals surface area contributed by atoms with Crippen molar-refractivity contribution in [2.24, 2.45) is 5.92 Å². The number of imide groups is 1. The molecule has 1 aromatic heterocycles. The Morgan fingerprint density at radius 1 is 1.13 bits per heavy atom. The lowest BCUT2D eigenvalue weighted by molar-refractivity contribution is -0.149. The maximum Gasteiger partial charge on any atom is 0.323 e. The highest BCUT2D eigenvalue weighted by molar-refractivity contribution is 8.00. The van der Waals surface area contributed by atoms with E-state index in [9.17, 15) is 29.1 Å². The van der Waals surface area contributed by atoms with Crippen molar-refractivity contribution >= 4 is 64.1 Å². The molecule has 1 fully saturated rings. The maximum atomic E-state index is 13.4. The molecule has 14 heteroatoms. The van der Waals surface area contributed by atoms with Gasteiger partial charge in [0, 0.05) is 27.1 Å². The molecule has 5 rings (SSSR count). The first-order valence-corrected chi connectivity index (χ1v) is 13.6. The summed E-state index contributed by atoms with van der Waals surface area (Å²) in [4.78, 5) is 66.3. The van der Waals surface area contributed by atoms with E-state index in [1.807, 2.05) is 0 Å². The fourth-order valence-electron chi connectivity index (χ4n) is 4.61. The molecule has 0 bridgehead atoms. The molecule has 3 aromatic rings. The van der Waals surface area contributed by atoms with Gasteiger partial charge in [-0.25, -0.2) is 0 Å². The van der Waals surface area contributed by atoms with Crippen molar-refractivity contribution in [3.63, 3.8) is 0 Å². The predicted octanol–water partition coefficient (Wildman–Crippen LogP) is 2.79. The average molecular weight is 590 g/mol. The zero-order valence-corrected chi connectivity index (χ0v) is 22.5. The minimum atomic E-state index is -1.32. The maximum absolute atomic E-state index is 13.4. The van der Waals surface area contributed by atoms with Crippen molar-refractivity contribution in [2.75, 3.05) is 25.6 Å². The number of likely N-dealkylation sites (tertiary alicyclic amines) is 1. The Labute approximate surface area is 234 Å². The first kappa shape index (κ1) is 26.8. The number of benzene rings is 2. The monoisotopic (exact) mass is 589 g/mol. The van der Waals surface area contributed by atoms with Crippen LogP contribution in [-0.4, -0.2) is 64.2 Å². The molecule has 3 atom stereocenters. The van der Waals surface area contributed by atoms with Crippen LogP contribution in [0.3, 0.4) is 0 Å². The second kappa shape index (κ2) is 10.8. The summed E-state index contributed by atoms with van der Waals surface area (Å²) in [6, 6.07) is 11.4. The van der Waals surface area contributed by atoms with Crippen molar-refractivity contribution < 1.29 is 33.8 Å². The van der Waals surface area contributed by atoms with Crippen molar-refractivity contribution in [1.82, 2.24) is 9.88 Å². The van der Waals surface area contributed by atoms with E-state index in [4.69, 9.17) is 21.1 Å². The molecule has 1 saturated heterocycles. The Balaban J connectivity index is 1.47. The Bertz CT molecular complexity index is 1540. The lowest BCUT2D eigenvalue weighted by Crippen LogP contribution is -2.36. The standard InChI is InChI=1S/C25H20ClN3O8S2/c1-36-13-5-3-12(4-6-13)27-16(30)10-37-15-7-2-11(26)8-14(15)18-19-21(38-22-20(18)39-25(35)28-22)24(34)29(23(19)33)9-17(31)32/h2-8,18-19,21H,9-10H2,1H3,(H,27,30)(H,28,35)(H,31,32)/t18-,19?,21?/m0/s1. The molecule has 202 valence electrons. The zero-order chi connectivity index (χ0) is 27.8. The lowest BCUT2D eigenvalue weighted by atomic mass is 9.82. The van der Waals surface area contributed by atoms with E-state index in [1.165, 1.54) is 7.11 Å². The van der Waals surface area contributed by atoms with Gasteiger partial charge in [-0.2, -0.15) is 0 Å². The van der Waals surface area contributed by atoms with Crippen LogP contribution in [-0.2, 0) is 19.2 Å². The number of carbonyl (C=O) groups excluding carboxylic acids is 3. The van der Waals surface area contributed by atoms with Gasteiger partial charge in [0.05, 0.1) is 18.1 Å². The number of fused-ring (bicyclic) bond motifs is 2. The minimum absolute atomic E-state index is 0.226. The summed E-state index contributed by atoms with van der Waals surface area (Å²) >= 11 is 8.22. The molecule has 0 radical (unpaired) electrons. The van der Waals surface area contributed by atoms with E-state index >= 15 is 0 Å². The number of hydrogen-bond donors (Lipinski definition) is 3. The number of aromatic amines is 1. The van der Waals surface area contributed by atoms with Crippen LogP contribution in [0, 0.1) is 5.92 Å². The Hall–Kier alpha value is -3.81. The SMILES string of the molecule is COc1ccc(NC(=O)COc2ccc(Cl)cc2[C@@H]2c3sc(=O)[nH]c3SC3C(=O)N(CC(=O)O)C(=O)C32)cc1. The lowest BCUT2D eigenvalue weighted by Gasteiger charge is -2.31. The number of carboxylic acids is 1. The van der Waals surface area contributed by atoms with E-state index in [0.717, 1.165) is 28.0 Å². The van der Waals surface area contributed by atoms with Gasteiger partial charge in [0.2, 0.25) is 11.8 Å². The highest BCUT2D eigenvalue weighted by atomic mass is 35.5. The second-order valence-corrected chi connectivity index (χ2v) is 11.3. The van der Waals surface area contributed by atoms with E-state index in [1.54, 1.807) is 42.5 Å². The number of aromatic nitrogens is 1. The Morgan fingerprint density at radius 2 is 1.87 bits per heavy atom. The number of thioether (sulfide) groups is 1. The summed E-state index contributed by atoms with van der Waals surface area (Å²) in [5.41, 5.74) is 0.924. The van der Waals surface area contributed by atoms with E-state index < -0.39 is 47.3 Å². The third-order valence-electron chi connectivity index (χ3n) is 6.25. The van der Waals surface area contributed by atoms with Gasteiger partial charge < -0.3 is 24.9 Å². The van der Waals surface area contributed by atoms with Gasteiger partial charge >= 0.3 is 10.8 Å². The fourth-order valence-corrected chi connectivity index (χ4v) is 7.32. The highest BCUT2D eigenvalue weighted by Gasteiger charge is 2.56. The number of rotatable bonds is 8. The topological polar surface area (TPSA) is 155 Å². The van der Waals surface area contributed by atoms with Crippen LogP contribution < -0.4 is 19.7 Å². The molecule has 39 heavy (non-hydrogen) atoms. The number of anilines is 1. The molecule has 11 nitrogen and oxygen atoms in total. The summed E-state index contributed by atoms with van der Waals surface area (Å²) in [7, 11) is 1.53. The molecule has 2 aliphatic rings. The van der Waals surface area contributed by atoms with Crippen LogP contribution in [0.15, 0.2) is 52.3 Å². The number of H-pyrrole nitrogens is 1. The van der Waals surface area contributed by atoms with E-state index in [0.29, 0.717) is 31.9 Å². The molecular formula is C25H20ClN3O8S2. The molecule has 3 N–H and O–H groups in total. The minimum Gasteiger partial charge on any atom is -0.497 e. The Kier molecular flexibility index (Phi) is 7.38. The average Bonchev–Trinajstić information content (AvgIpc) is 3.38. The van der Waals surface area contributed by atoms with Crippen LogP contribution >= 0.6 is 34.7 Å². The molecule has 3 heterocycles. The number of nitrogens with zero attached hydrogens (tertiary/aromatic N) is 1. The summed E-state index contributed by atoms with van der Waals surface area (Å²) in [5, 5.41) is 11.7. The number of halogens is 1. The number of methoxy groups -OCH3 is 1. The molecule has 2 aromatic carbocycles. The van der Waals surface area contributed by atoms with Gasteiger partial charge in [0.25, 0.3) is 5.91 Å². The van der Waals surface area contributed by atoms with Crippen molar-refractivity contribution in [1.29, 1.82) is 0 Å². The summed E-state index contributed by atoms with van der Waals surface area (Å²) < 4.78 is 11.0. The third-order valence-corrected chi connectivity index (χ3v) is 8.88. The van der Waals surface area contributed by atoms with Crippen LogP contribution in [0.4, 0.5) is 5.69 Å². The Morgan fingerprint density at radius 3 is 2.56 bits per heavy atom. The predicted molar refractivity (Wildman–Crippen MR) is 143 cm³/mol. The number of carboxylic acid groups (broad SMARTS) is 1. The largest absolute Gasteiger partial charge is 0.497 e. The molecule has 0 saturated carbocycles. The molecule has 3 amide bonds. The van der Waals surface area contributed by atoms with Crippen molar-refractivity contribution in [2.45, 2.75) is 16.2 Å². The van der Waals surface area contributed by atoms with Gasteiger partial charge in [0.15, 0.2) is 6.61 Å².